The van der Waals surface area contributed by atoms with E-state index in [4.69, 9.17) is 10.5 Å². The SMILES string of the molecule is CC(N)Cc1cc(F)cc2c1OCC2. The summed E-state index contributed by atoms with van der Waals surface area (Å²) in [6.07, 6.45) is 1.47. The summed E-state index contributed by atoms with van der Waals surface area (Å²) in [5.41, 5.74) is 7.56. The van der Waals surface area contributed by atoms with E-state index in [0.29, 0.717) is 13.0 Å². The summed E-state index contributed by atoms with van der Waals surface area (Å²) < 4.78 is 18.6. The maximum absolute atomic E-state index is 13.2. The molecule has 3 heteroatoms. The number of nitrogens with two attached hydrogens (primary N) is 1. The highest BCUT2D eigenvalue weighted by atomic mass is 19.1. The summed E-state index contributed by atoms with van der Waals surface area (Å²) in [6, 6.07) is 3.10. The standard InChI is InChI=1S/C11H14FNO/c1-7(13)4-9-6-10(12)5-8-2-3-14-11(8)9/h5-7H,2-4,13H2,1H3. The highest BCUT2D eigenvalue weighted by Crippen LogP contribution is 2.31. The van der Waals surface area contributed by atoms with Crippen LogP contribution >= 0.6 is 0 Å². The van der Waals surface area contributed by atoms with Gasteiger partial charge in [-0.05, 0) is 31.0 Å². The van der Waals surface area contributed by atoms with E-state index in [-0.39, 0.29) is 11.9 Å². The number of hydrogen-bond acceptors (Lipinski definition) is 2. The largest absolute Gasteiger partial charge is 0.493 e. The van der Waals surface area contributed by atoms with E-state index in [9.17, 15) is 4.39 Å². The first-order chi connectivity index (χ1) is 6.66. The Kier molecular flexibility index (Phi) is 2.42. The van der Waals surface area contributed by atoms with Crippen LogP contribution in [0, 0.1) is 5.82 Å². The molecule has 1 aliphatic heterocycles. The Morgan fingerprint density at radius 2 is 2.36 bits per heavy atom. The Labute approximate surface area is 82.9 Å². The van der Waals surface area contributed by atoms with Gasteiger partial charge in [-0.2, -0.15) is 0 Å². The van der Waals surface area contributed by atoms with Gasteiger partial charge in [-0.3, -0.25) is 0 Å². The maximum Gasteiger partial charge on any atom is 0.126 e. The van der Waals surface area contributed by atoms with Crippen LogP contribution in [-0.4, -0.2) is 12.6 Å². The lowest BCUT2D eigenvalue weighted by Crippen LogP contribution is -2.18. The first kappa shape index (κ1) is 9.46. The van der Waals surface area contributed by atoms with E-state index in [0.717, 1.165) is 23.3 Å². The molecule has 0 bridgehead atoms. The minimum atomic E-state index is -0.190. The van der Waals surface area contributed by atoms with Gasteiger partial charge < -0.3 is 10.5 Å². The third-order valence-electron chi connectivity index (χ3n) is 2.37. The topological polar surface area (TPSA) is 35.2 Å². The first-order valence-electron chi connectivity index (χ1n) is 4.86. The van der Waals surface area contributed by atoms with Crippen molar-refractivity contribution in [3.8, 4) is 5.75 Å². The molecule has 0 aliphatic carbocycles. The zero-order valence-corrected chi connectivity index (χ0v) is 8.22. The van der Waals surface area contributed by atoms with Crippen LogP contribution in [0.25, 0.3) is 0 Å². The number of fused-ring (bicyclic) bond motifs is 1. The van der Waals surface area contributed by atoms with Crippen LogP contribution in [0.15, 0.2) is 12.1 Å². The number of ether oxygens (including phenoxy) is 1. The van der Waals surface area contributed by atoms with Gasteiger partial charge in [0, 0.05) is 18.0 Å². The lowest BCUT2D eigenvalue weighted by atomic mass is 10.0. The predicted molar refractivity (Wildman–Crippen MR) is 53.0 cm³/mol. The van der Waals surface area contributed by atoms with Gasteiger partial charge in [0.1, 0.15) is 11.6 Å². The molecule has 1 aromatic carbocycles. The molecule has 1 heterocycles. The van der Waals surface area contributed by atoms with Gasteiger partial charge in [0.15, 0.2) is 0 Å². The van der Waals surface area contributed by atoms with Gasteiger partial charge in [0.05, 0.1) is 6.61 Å². The van der Waals surface area contributed by atoms with Gasteiger partial charge in [0.2, 0.25) is 0 Å². The fraction of sp³-hybridized carbons (Fsp3) is 0.455. The van der Waals surface area contributed by atoms with Crippen molar-refractivity contribution in [2.45, 2.75) is 25.8 Å². The molecule has 0 radical (unpaired) electrons. The summed E-state index contributed by atoms with van der Waals surface area (Å²) in [5, 5.41) is 0. The fourth-order valence-electron chi connectivity index (χ4n) is 1.84. The molecule has 2 rings (SSSR count). The van der Waals surface area contributed by atoms with Gasteiger partial charge in [-0.15, -0.1) is 0 Å². The molecule has 0 saturated carbocycles. The summed E-state index contributed by atoms with van der Waals surface area (Å²) in [5.74, 6) is 0.661. The van der Waals surface area contributed by atoms with Crippen molar-refractivity contribution in [1.29, 1.82) is 0 Å². The van der Waals surface area contributed by atoms with Crippen molar-refractivity contribution in [2.24, 2.45) is 5.73 Å². The zero-order valence-electron chi connectivity index (χ0n) is 8.22. The zero-order chi connectivity index (χ0) is 10.1. The Bertz CT molecular complexity index is 349. The molecule has 1 atom stereocenters. The minimum Gasteiger partial charge on any atom is -0.493 e. The summed E-state index contributed by atoms with van der Waals surface area (Å²) in [6.45, 7) is 2.57. The van der Waals surface area contributed by atoms with Crippen molar-refractivity contribution in [3.05, 3.63) is 29.1 Å². The third-order valence-corrected chi connectivity index (χ3v) is 2.37. The quantitative estimate of drug-likeness (QED) is 0.778. The average molecular weight is 195 g/mol. The highest BCUT2D eigenvalue weighted by Gasteiger charge is 2.18. The molecule has 0 amide bonds. The second-order valence-electron chi connectivity index (χ2n) is 3.83. The van der Waals surface area contributed by atoms with Gasteiger partial charge in [0.25, 0.3) is 0 Å². The van der Waals surface area contributed by atoms with Crippen LogP contribution in [0.4, 0.5) is 4.39 Å². The molecule has 1 aromatic rings. The molecule has 0 aromatic heterocycles. The molecule has 2 N–H and O–H groups in total. The third kappa shape index (κ3) is 1.73. The number of halogens is 1. The number of rotatable bonds is 2. The van der Waals surface area contributed by atoms with E-state index in [1.165, 1.54) is 6.07 Å². The van der Waals surface area contributed by atoms with Crippen LogP contribution in [0.5, 0.6) is 5.75 Å². The van der Waals surface area contributed by atoms with E-state index < -0.39 is 0 Å². The van der Waals surface area contributed by atoms with Gasteiger partial charge >= 0.3 is 0 Å². The van der Waals surface area contributed by atoms with Crippen molar-refractivity contribution < 1.29 is 9.13 Å². The van der Waals surface area contributed by atoms with Crippen LogP contribution in [0.2, 0.25) is 0 Å². The second kappa shape index (κ2) is 3.58. The molecule has 1 aliphatic rings. The molecule has 0 fully saturated rings. The monoisotopic (exact) mass is 195 g/mol. The summed E-state index contributed by atoms with van der Waals surface area (Å²) >= 11 is 0. The van der Waals surface area contributed by atoms with Crippen LogP contribution in [0.3, 0.4) is 0 Å². The van der Waals surface area contributed by atoms with Crippen LogP contribution in [-0.2, 0) is 12.8 Å². The molecular formula is C11H14FNO. The van der Waals surface area contributed by atoms with Crippen molar-refractivity contribution in [2.75, 3.05) is 6.61 Å². The minimum absolute atomic E-state index is 0.0325. The first-order valence-corrected chi connectivity index (χ1v) is 4.86. The lowest BCUT2D eigenvalue weighted by Gasteiger charge is -2.10. The molecule has 2 nitrogen and oxygen atoms in total. The molecule has 1 unspecified atom stereocenters. The Morgan fingerprint density at radius 3 is 3.07 bits per heavy atom. The van der Waals surface area contributed by atoms with Crippen molar-refractivity contribution >= 4 is 0 Å². The van der Waals surface area contributed by atoms with E-state index in [1.54, 1.807) is 6.07 Å². The average Bonchev–Trinajstić information content (AvgIpc) is 2.50. The normalized spacial score (nSPS) is 16.2. The smallest absolute Gasteiger partial charge is 0.126 e. The Morgan fingerprint density at radius 1 is 1.57 bits per heavy atom. The van der Waals surface area contributed by atoms with E-state index in [1.807, 2.05) is 6.92 Å². The highest BCUT2D eigenvalue weighted by molar-refractivity contribution is 5.44. The number of hydrogen-bond donors (Lipinski definition) is 1. The van der Waals surface area contributed by atoms with E-state index in [2.05, 4.69) is 0 Å². The molecular weight excluding hydrogens is 181 g/mol. The van der Waals surface area contributed by atoms with Crippen molar-refractivity contribution in [3.63, 3.8) is 0 Å². The Hall–Kier alpha value is -1.09. The molecule has 0 saturated heterocycles. The van der Waals surface area contributed by atoms with Crippen LogP contribution < -0.4 is 10.5 Å². The Balaban J connectivity index is 2.38. The lowest BCUT2D eigenvalue weighted by molar-refractivity contribution is 0.352. The second-order valence-corrected chi connectivity index (χ2v) is 3.83. The fourth-order valence-corrected chi connectivity index (χ4v) is 1.84. The van der Waals surface area contributed by atoms with Crippen molar-refractivity contribution in [1.82, 2.24) is 0 Å². The van der Waals surface area contributed by atoms with Gasteiger partial charge in [-0.1, -0.05) is 0 Å². The van der Waals surface area contributed by atoms with Gasteiger partial charge in [-0.25, -0.2) is 4.39 Å². The number of benzene rings is 1. The molecule has 0 spiro atoms. The summed E-state index contributed by atoms with van der Waals surface area (Å²) in [7, 11) is 0. The van der Waals surface area contributed by atoms with E-state index >= 15 is 0 Å². The summed E-state index contributed by atoms with van der Waals surface area (Å²) in [4.78, 5) is 0. The molecule has 76 valence electrons. The van der Waals surface area contributed by atoms with Crippen LogP contribution in [0.1, 0.15) is 18.1 Å². The molecule has 14 heavy (non-hydrogen) atoms. The maximum atomic E-state index is 13.2. The predicted octanol–water partition coefficient (Wildman–Crippen LogP) is 1.65.